The molecule has 1 heterocycles. The summed E-state index contributed by atoms with van der Waals surface area (Å²) in [6, 6.07) is 1.08. The molecule has 18 heavy (non-hydrogen) atoms. The van der Waals surface area contributed by atoms with Crippen LogP contribution in [0.15, 0.2) is 12.4 Å². The largest absolute Gasteiger partial charge is 0.330 e. The van der Waals surface area contributed by atoms with Crippen LogP contribution in [0.5, 0.6) is 0 Å². The van der Waals surface area contributed by atoms with E-state index in [-0.39, 0.29) is 0 Å². The molecule has 1 aliphatic carbocycles. The Bertz CT molecular complexity index is 374. The highest BCUT2D eigenvalue weighted by atomic mass is 15.3. The van der Waals surface area contributed by atoms with Crippen LogP contribution in [0.1, 0.15) is 44.7 Å². The van der Waals surface area contributed by atoms with E-state index in [9.17, 15) is 0 Å². The van der Waals surface area contributed by atoms with Crippen molar-refractivity contribution in [2.45, 2.75) is 45.2 Å². The fraction of sp³-hybridized carbons (Fsp3) is 0.786. The average molecular weight is 250 g/mol. The van der Waals surface area contributed by atoms with Crippen molar-refractivity contribution in [1.29, 1.82) is 0 Å². The lowest BCUT2D eigenvalue weighted by Gasteiger charge is -2.36. The van der Waals surface area contributed by atoms with Gasteiger partial charge < -0.3 is 5.73 Å². The Kier molecular flexibility index (Phi) is 4.40. The quantitative estimate of drug-likeness (QED) is 0.868. The normalized spacial score (nSPS) is 25.8. The average Bonchev–Trinajstić information content (AvgIpc) is 2.98. The summed E-state index contributed by atoms with van der Waals surface area (Å²) < 4.78 is 1.88. The molecule has 0 aliphatic heterocycles. The molecule has 4 nitrogen and oxygen atoms in total. The van der Waals surface area contributed by atoms with E-state index in [0.29, 0.717) is 18.0 Å². The van der Waals surface area contributed by atoms with Crippen molar-refractivity contribution in [1.82, 2.24) is 14.7 Å². The summed E-state index contributed by atoms with van der Waals surface area (Å²) in [6.45, 7) is 6.43. The first-order valence-electron chi connectivity index (χ1n) is 7.11. The van der Waals surface area contributed by atoms with Gasteiger partial charge >= 0.3 is 0 Å². The lowest BCUT2D eigenvalue weighted by Crippen LogP contribution is -2.41. The molecule has 0 radical (unpaired) electrons. The summed E-state index contributed by atoms with van der Waals surface area (Å²) in [5.41, 5.74) is 7.22. The molecule has 1 saturated carbocycles. The number of nitrogens with two attached hydrogens (primary N) is 1. The van der Waals surface area contributed by atoms with Gasteiger partial charge in [0.15, 0.2) is 0 Å². The Morgan fingerprint density at radius 2 is 2.33 bits per heavy atom. The lowest BCUT2D eigenvalue weighted by atomic mass is 9.99. The Labute approximate surface area is 110 Å². The third-order valence-electron chi connectivity index (χ3n) is 4.42. The zero-order valence-electron chi connectivity index (χ0n) is 11.8. The third-order valence-corrected chi connectivity index (χ3v) is 4.42. The molecule has 1 fully saturated rings. The minimum absolute atomic E-state index is 0.431. The van der Waals surface area contributed by atoms with Crippen LogP contribution in [-0.2, 0) is 7.05 Å². The molecule has 3 unspecified atom stereocenters. The van der Waals surface area contributed by atoms with Crippen LogP contribution in [0.25, 0.3) is 0 Å². The van der Waals surface area contributed by atoms with Crippen molar-refractivity contribution >= 4 is 0 Å². The summed E-state index contributed by atoms with van der Waals surface area (Å²) in [6.07, 6.45) is 8.01. The highest BCUT2D eigenvalue weighted by Gasteiger charge is 2.33. The second-order valence-electron chi connectivity index (χ2n) is 5.45. The number of hydrogen-bond acceptors (Lipinski definition) is 3. The monoisotopic (exact) mass is 250 g/mol. The summed E-state index contributed by atoms with van der Waals surface area (Å²) in [7, 11) is 1.98. The molecule has 4 heteroatoms. The van der Waals surface area contributed by atoms with Gasteiger partial charge in [0.1, 0.15) is 0 Å². The van der Waals surface area contributed by atoms with E-state index in [1.54, 1.807) is 0 Å². The van der Waals surface area contributed by atoms with E-state index in [1.165, 1.54) is 24.8 Å². The van der Waals surface area contributed by atoms with Crippen molar-refractivity contribution in [2.75, 3.05) is 13.1 Å². The Hall–Kier alpha value is -0.870. The van der Waals surface area contributed by atoms with Gasteiger partial charge in [0.25, 0.3) is 0 Å². The van der Waals surface area contributed by atoms with Crippen molar-refractivity contribution in [3.63, 3.8) is 0 Å². The molecular weight excluding hydrogens is 224 g/mol. The second kappa shape index (κ2) is 5.85. The molecule has 0 aromatic carbocycles. The molecule has 102 valence electrons. The van der Waals surface area contributed by atoms with Gasteiger partial charge in [-0.2, -0.15) is 5.10 Å². The molecule has 1 aliphatic rings. The number of hydrogen-bond donors (Lipinski definition) is 1. The zero-order chi connectivity index (χ0) is 13.1. The molecule has 1 aromatic rings. The first-order chi connectivity index (χ1) is 8.67. The fourth-order valence-corrected chi connectivity index (χ4v) is 3.37. The zero-order valence-corrected chi connectivity index (χ0v) is 11.8. The number of aryl methyl sites for hydroxylation is 1. The van der Waals surface area contributed by atoms with Crippen LogP contribution < -0.4 is 5.73 Å². The summed E-state index contributed by atoms with van der Waals surface area (Å²) in [5, 5.41) is 4.29. The topological polar surface area (TPSA) is 47.1 Å². The fourth-order valence-electron chi connectivity index (χ4n) is 3.37. The summed E-state index contributed by atoms with van der Waals surface area (Å²) in [5.74, 6) is 0.670. The SMILES string of the molecule is CCN(C(C)c1cnn(C)c1)C1CCCC1CN. The molecule has 2 rings (SSSR count). The maximum absolute atomic E-state index is 5.92. The maximum atomic E-state index is 5.92. The van der Waals surface area contributed by atoms with Gasteiger partial charge in [-0.05, 0) is 38.8 Å². The van der Waals surface area contributed by atoms with E-state index >= 15 is 0 Å². The van der Waals surface area contributed by atoms with E-state index in [0.717, 1.165) is 13.1 Å². The van der Waals surface area contributed by atoms with E-state index in [4.69, 9.17) is 5.73 Å². The van der Waals surface area contributed by atoms with Gasteiger partial charge in [0.2, 0.25) is 0 Å². The minimum Gasteiger partial charge on any atom is -0.330 e. The Morgan fingerprint density at radius 3 is 2.89 bits per heavy atom. The van der Waals surface area contributed by atoms with Gasteiger partial charge in [0, 0.05) is 30.9 Å². The molecular formula is C14H26N4. The van der Waals surface area contributed by atoms with Gasteiger partial charge in [-0.1, -0.05) is 13.3 Å². The Balaban J connectivity index is 2.12. The van der Waals surface area contributed by atoms with Crippen molar-refractivity contribution in [3.8, 4) is 0 Å². The van der Waals surface area contributed by atoms with Gasteiger partial charge in [-0.15, -0.1) is 0 Å². The molecule has 3 atom stereocenters. The molecule has 0 amide bonds. The predicted molar refractivity (Wildman–Crippen MR) is 74.2 cm³/mol. The van der Waals surface area contributed by atoms with Crippen LogP contribution >= 0.6 is 0 Å². The molecule has 1 aromatic heterocycles. The standard InChI is InChI=1S/C14H26N4/c1-4-18(14-7-5-6-12(14)8-15)11(2)13-9-16-17(3)10-13/h9-12,14H,4-8,15H2,1-3H3. The highest BCUT2D eigenvalue weighted by Crippen LogP contribution is 2.34. The molecule has 0 spiro atoms. The van der Waals surface area contributed by atoms with Gasteiger partial charge in [-0.25, -0.2) is 0 Å². The molecule has 0 saturated heterocycles. The predicted octanol–water partition coefficient (Wildman–Crippen LogP) is 1.93. The summed E-state index contributed by atoms with van der Waals surface area (Å²) in [4.78, 5) is 2.60. The lowest BCUT2D eigenvalue weighted by molar-refractivity contribution is 0.123. The first kappa shape index (κ1) is 13.6. The molecule has 0 bridgehead atoms. The smallest absolute Gasteiger partial charge is 0.0537 e. The van der Waals surface area contributed by atoms with Crippen molar-refractivity contribution < 1.29 is 0 Å². The second-order valence-corrected chi connectivity index (χ2v) is 5.45. The highest BCUT2D eigenvalue weighted by molar-refractivity contribution is 5.10. The minimum atomic E-state index is 0.431. The Morgan fingerprint density at radius 1 is 1.56 bits per heavy atom. The maximum Gasteiger partial charge on any atom is 0.0537 e. The van der Waals surface area contributed by atoms with Crippen LogP contribution in [0.4, 0.5) is 0 Å². The molecule has 2 N–H and O–H groups in total. The number of nitrogens with zero attached hydrogens (tertiary/aromatic N) is 3. The summed E-state index contributed by atoms with van der Waals surface area (Å²) >= 11 is 0. The third kappa shape index (κ3) is 2.59. The van der Waals surface area contributed by atoms with Crippen molar-refractivity contribution in [3.05, 3.63) is 18.0 Å². The number of aromatic nitrogens is 2. The van der Waals surface area contributed by atoms with E-state index in [1.807, 2.05) is 17.9 Å². The van der Waals surface area contributed by atoms with Crippen LogP contribution in [0.3, 0.4) is 0 Å². The van der Waals surface area contributed by atoms with Gasteiger partial charge in [0.05, 0.1) is 6.20 Å². The van der Waals surface area contributed by atoms with E-state index < -0.39 is 0 Å². The van der Waals surface area contributed by atoms with E-state index in [2.05, 4.69) is 30.0 Å². The van der Waals surface area contributed by atoms with Gasteiger partial charge in [-0.3, -0.25) is 9.58 Å². The van der Waals surface area contributed by atoms with Crippen molar-refractivity contribution in [2.24, 2.45) is 18.7 Å². The first-order valence-corrected chi connectivity index (χ1v) is 7.11. The van der Waals surface area contributed by atoms with Crippen LogP contribution in [0, 0.1) is 5.92 Å². The van der Waals surface area contributed by atoms with Crippen LogP contribution in [0.2, 0.25) is 0 Å². The van der Waals surface area contributed by atoms with Crippen LogP contribution in [-0.4, -0.2) is 33.8 Å². The number of rotatable bonds is 5.